The number of carbonyl (C=O) groups is 1. The van der Waals surface area contributed by atoms with Crippen LogP contribution in [0.1, 0.15) is 45.9 Å². The molecule has 0 spiro atoms. The zero-order valence-corrected chi connectivity index (χ0v) is 19.1. The first-order valence-electron chi connectivity index (χ1n) is 10.1. The normalized spacial score (nSPS) is 11.6. The summed E-state index contributed by atoms with van der Waals surface area (Å²) in [5.41, 5.74) is 2.99. The van der Waals surface area contributed by atoms with Gasteiger partial charge in [-0.15, -0.1) is 0 Å². The smallest absolute Gasteiger partial charge is 0.251 e. The van der Waals surface area contributed by atoms with Gasteiger partial charge in [0.25, 0.3) is 5.91 Å². The third-order valence-corrected chi connectivity index (χ3v) is 5.20. The number of nitrogens with one attached hydrogen (secondary N) is 1. The average Bonchev–Trinajstić information content (AvgIpc) is 3.13. The second kappa shape index (κ2) is 10.1. The van der Waals surface area contributed by atoms with Crippen LogP contribution in [0.25, 0.3) is 0 Å². The number of ether oxygens (including phenoxy) is 4. The van der Waals surface area contributed by atoms with Crippen molar-refractivity contribution in [2.45, 2.75) is 33.4 Å². The molecule has 0 radical (unpaired) electrons. The SMILES string of the molecule is COc1cc(C(C)NC(=O)c2cccc(OCc3c(C)noc3C)c2)cc(OC)c1OC. The fraction of sp³-hybridized carbons (Fsp3) is 0.333. The number of nitrogens with zero attached hydrogens (tertiary/aromatic N) is 1. The molecule has 0 fully saturated rings. The monoisotopic (exact) mass is 440 g/mol. The standard InChI is InChI=1S/C24H28N2O6/c1-14(18-11-21(28-4)23(30-6)22(12-18)29-5)25-24(27)17-8-7-9-19(10-17)31-13-20-15(2)26-32-16(20)3/h7-12,14H,13H2,1-6H3,(H,25,27). The van der Waals surface area contributed by atoms with E-state index >= 15 is 0 Å². The summed E-state index contributed by atoms with van der Waals surface area (Å²) < 4.78 is 27.2. The van der Waals surface area contributed by atoms with Gasteiger partial charge in [0.2, 0.25) is 5.75 Å². The molecule has 3 aromatic rings. The summed E-state index contributed by atoms with van der Waals surface area (Å²) in [5.74, 6) is 2.62. The Morgan fingerprint density at radius 1 is 1.06 bits per heavy atom. The first-order valence-corrected chi connectivity index (χ1v) is 10.1. The maximum atomic E-state index is 12.9. The van der Waals surface area contributed by atoms with Crippen LogP contribution in [0.15, 0.2) is 40.9 Å². The van der Waals surface area contributed by atoms with Gasteiger partial charge in [-0.25, -0.2) is 0 Å². The highest BCUT2D eigenvalue weighted by molar-refractivity contribution is 5.94. The predicted molar refractivity (Wildman–Crippen MR) is 119 cm³/mol. The fourth-order valence-corrected chi connectivity index (χ4v) is 3.31. The van der Waals surface area contributed by atoms with Crippen molar-refractivity contribution in [2.75, 3.05) is 21.3 Å². The van der Waals surface area contributed by atoms with E-state index in [1.165, 1.54) is 0 Å². The summed E-state index contributed by atoms with van der Waals surface area (Å²) in [5, 5.41) is 6.92. The molecule has 170 valence electrons. The average molecular weight is 440 g/mol. The van der Waals surface area contributed by atoms with E-state index in [0.717, 1.165) is 22.6 Å². The number of aryl methyl sites for hydroxylation is 2. The van der Waals surface area contributed by atoms with Gasteiger partial charge in [0.15, 0.2) is 11.5 Å². The Kier molecular flexibility index (Phi) is 7.25. The minimum Gasteiger partial charge on any atom is -0.493 e. The molecule has 1 unspecified atom stereocenters. The third kappa shape index (κ3) is 4.96. The lowest BCUT2D eigenvalue weighted by Crippen LogP contribution is -2.26. The number of methoxy groups -OCH3 is 3. The quantitative estimate of drug-likeness (QED) is 0.528. The maximum absolute atomic E-state index is 12.9. The van der Waals surface area contributed by atoms with E-state index in [9.17, 15) is 4.79 Å². The van der Waals surface area contributed by atoms with Gasteiger partial charge in [0.05, 0.1) is 38.6 Å². The largest absolute Gasteiger partial charge is 0.493 e. The summed E-state index contributed by atoms with van der Waals surface area (Å²) in [6.07, 6.45) is 0. The van der Waals surface area contributed by atoms with Gasteiger partial charge in [0, 0.05) is 5.56 Å². The number of hydrogen-bond donors (Lipinski definition) is 1. The molecule has 1 N–H and O–H groups in total. The van der Waals surface area contributed by atoms with Crippen LogP contribution in [0, 0.1) is 13.8 Å². The molecule has 0 aliphatic heterocycles. The van der Waals surface area contributed by atoms with Crippen LogP contribution >= 0.6 is 0 Å². The third-order valence-electron chi connectivity index (χ3n) is 5.20. The Labute approximate surface area is 187 Å². The van der Waals surface area contributed by atoms with Crippen LogP contribution in [-0.2, 0) is 6.61 Å². The van der Waals surface area contributed by atoms with Gasteiger partial charge in [-0.1, -0.05) is 11.2 Å². The molecule has 1 aromatic heterocycles. The summed E-state index contributed by atoms with van der Waals surface area (Å²) in [6, 6.07) is 10.3. The minimum absolute atomic E-state index is 0.228. The molecule has 0 saturated heterocycles. The first kappa shape index (κ1) is 23.0. The summed E-state index contributed by atoms with van der Waals surface area (Å²) in [6.45, 7) is 5.90. The van der Waals surface area contributed by atoms with Gasteiger partial charge in [0.1, 0.15) is 18.1 Å². The number of carbonyl (C=O) groups excluding carboxylic acids is 1. The van der Waals surface area contributed by atoms with Crippen molar-refractivity contribution in [1.29, 1.82) is 0 Å². The van der Waals surface area contributed by atoms with Crippen LogP contribution in [0.3, 0.4) is 0 Å². The second-order valence-electron chi connectivity index (χ2n) is 7.27. The Hall–Kier alpha value is -3.68. The molecule has 8 nitrogen and oxygen atoms in total. The van der Waals surface area contributed by atoms with Gasteiger partial charge in [-0.3, -0.25) is 4.79 Å². The Bertz CT molecular complexity index is 1050. The van der Waals surface area contributed by atoms with Crippen molar-refractivity contribution < 1.29 is 28.3 Å². The van der Waals surface area contributed by atoms with Crippen LogP contribution in [-0.4, -0.2) is 32.4 Å². The topological polar surface area (TPSA) is 92.1 Å². The second-order valence-corrected chi connectivity index (χ2v) is 7.27. The number of benzene rings is 2. The van der Waals surface area contributed by atoms with Gasteiger partial charge < -0.3 is 28.8 Å². The van der Waals surface area contributed by atoms with Crippen LogP contribution < -0.4 is 24.3 Å². The van der Waals surface area contributed by atoms with Crippen molar-refractivity contribution in [3.05, 3.63) is 64.5 Å². The predicted octanol–water partition coefficient (Wildman–Crippen LogP) is 4.39. The lowest BCUT2D eigenvalue weighted by atomic mass is 10.1. The molecular formula is C24H28N2O6. The molecule has 0 saturated carbocycles. The Morgan fingerprint density at radius 2 is 1.75 bits per heavy atom. The van der Waals surface area contributed by atoms with E-state index in [-0.39, 0.29) is 11.9 Å². The number of amides is 1. The van der Waals surface area contributed by atoms with Crippen molar-refractivity contribution in [2.24, 2.45) is 0 Å². The zero-order valence-electron chi connectivity index (χ0n) is 19.1. The van der Waals surface area contributed by atoms with Crippen LogP contribution in [0.5, 0.6) is 23.0 Å². The van der Waals surface area contributed by atoms with Crippen molar-refractivity contribution >= 4 is 5.91 Å². The Morgan fingerprint density at radius 3 is 2.31 bits per heavy atom. The first-order chi connectivity index (χ1) is 15.4. The molecule has 0 aliphatic carbocycles. The number of hydrogen-bond acceptors (Lipinski definition) is 7. The Balaban J connectivity index is 1.72. The van der Waals surface area contributed by atoms with Gasteiger partial charge in [-0.2, -0.15) is 0 Å². The van der Waals surface area contributed by atoms with E-state index in [0.29, 0.717) is 35.2 Å². The number of rotatable bonds is 9. The molecular weight excluding hydrogens is 412 g/mol. The molecule has 0 aliphatic rings. The summed E-state index contributed by atoms with van der Waals surface area (Å²) in [7, 11) is 4.66. The molecule has 32 heavy (non-hydrogen) atoms. The summed E-state index contributed by atoms with van der Waals surface area (Å²) >= 11 is 0. The van der Waals surface area contributed by atoms with E-state index in [2.05, 4.69) is 10.5 Å². The highest BCUT2D eigenvalue weighted by Gasteiger charge is 2.18. The van der Waals surface area contributed by atoms with Crippen molar-refractivity contribution in [1.82, 2.24) is 10.5 Å². The van der Waals surface area contributed by atoms with E-state index < -0.39 is 0 Å². The van der Waals surface area contributed by atoms with Gasteiger partial charge in [-0.05, 0) is 56.7 Å². The zero-order chi connectivity index (χ0) is 23.3. The minimum atomic E-state index is -0.303. The highest BCUT2D eigenvalue weighted by Crippen LogP contribution is 2.39. The molecule has 2 aromatic carbocycles. The van der Waals surface area contributed by atoms with E-state index in [1.54, 1.807) is 45.6 Å². The summed E-state index contributed by atoms with van der Waals surface area (Å²) in [4.78, 5) is 12.9. The maximum Gasteiger partial charge on any atom is 0.251 e. The van der Waals surface area contributed by atoms with Crippen molar-refractivity contribution in [3.8, 4) is 23.0 Å². The lowest BCUT2D eigenvalue weighted by molar-refractivity contribution is 0.0939. The molecule has 0 bridgehead atoms. The number of aromatic nitrogens is 1. The van der Waals surface area contributed by atoms with Crippen LogP contribution in [0.4, 0.5) is 0 Å². The molecule has 1 atom stereocenters. The molecule has 1 amide bonds. The molecule has 1 heterocycles. The van der Waals surface area contributed by atoms with E-state index in [4.69, 9.17) is 23.5 Å². The van der Waals surface area contributed by atoms with E-state index in [1.807, 2.05) is 32.9 Å². The fourth-order valence-electron chi connectivity index (χ4n) is 3.31. The lowest BCUT2D eigenvalue weighted by Gasteiger charge is -2.19. The van der Waals surface area contributed by atoms with Crippen molar-refractivity contribution in [3.63, 3.8) is 0 Å². The van der Waals surface area contributed by atoms with Crippen LogP contribution in [0.2, 0.25) is 0 Å². The molecule has 3 rings (SSSR count). The van der Waals surface area contributed by atoms with Gasteiger partial charge >= 0.3 is 0 Å². The highest BCUT2D eigenvalue weighted by atomic mass is 16.5. The molecule has 8 heteroatoms.